The fourth-order valence-corrected chi connectivity index (χ4v) is 4.14. The van der Waals surface area contributed by atoms with E-state index >= 15 is 0 Å². The Kier molecular flexibility index (Phi) is 8.00. The van der Waals surface area contributed by atoms with Crippen molar-refractivity contribution in [3.63, 3.8) is 0 Å². The number of methoxy groups -OCH3 is 1. The molecule has 180 valence electrons. The molecule has 11 heteroatoms. The smallest absolute Gasteiger partial charge is 0.387 e. The molecule has 3 rings (SSSR count). The molecule has 7 nitrogen and oxygen atoms in total. The molecule has 0 aliphatic carbocycles. The number of anilines is 1. The molecule has 2 N–H and O–H groups in total. The van der Waals surface area contributed by atoms with Crippen molar-refractivity contribution in [1.29, 1.82) is 0 Å². The molecule has 0 aliphatic heterocycles. The lowest BCUT2D eigenvalue weighted by Gasteiger charge is -2.14. The maximum absolute atomic E-state index is 13.1. The lowest BCUT2D eigenvalue weighted by atomic mass is 10.1. The number of carbonyl (C=O) groups is 1. The number of halogens is 3. The highest BCUT2D eigenvalue weighted by Crippen LogP contribution is 2.29. The van der Waals surface area contributed by atoms with Crippen molar-refractivity contribution in [3.8, 4) is 11.5 Å². The summed E-state index contributed by atoms with van der Waals surface area (Å²) in [5.41, 5.74) is 0.843. The van der Waals surface area contributed by atoms with Gasteiger partial charge in [-0.1, -0.05) is 18.2 Å². The van der Waals surface area contributed by atoms with E-state index in [1.54, 1.807) is 18.2 Å². The Morgan fingerprint density at radius 3 is 2.38 bits per heavy atom. The first-order valence-corrected chi connectivity index (χ1v) is 11.5. The Hall–Kier alpha value is -3.73. The largest absolute Gasteiger partial charge is 0.493 e. The van der Waals surface area contributed by atoms with Gasteiger partial charge < -0.3 is 14.8 Å². The summed E-state index contributed by atoms with van der Waals surface area (Å²) in [5, 5.41) is 2.69. The maximum atomic E-state index is 13.1. The standard InChI is InChI=1S/C23H21F3N2O5S/c1-32-21-14-15(6-11-20(21)33-23(25)26)12-13-27-22(29)18-4-2-3-5-19(18)28-34(30,31)17-9-7-16(24)8-10-17/h2-11,14,23,28H,12-13H2,1H3,(H,27,29). The van der Waals surface area contributed by atoms with E-state index in [4.69, 9.17) is 4.74 Å². The van der Waals surface area contributed by atoms with Gasteiger partial charge in [0.25, 0.3) is 15.9 Å². The van der Waals surface area contributed by atoms with Crippen LogP contribution in [0.15, 0.2) is 71.6 Å². The van der Waals surface area contributed by atoms with E-state index in [0.29, 0.717) is 12.0 Å². The van der Waals surface area contributed by atoms with Crippen LogP contribution >= 0.6 is 0 Å². The first-order valence-electron chi connectivity index (χ1n) is 9.97. The SMILES string of the molecule is COc1cc(CCNC(=O)c2ccccc2NS(=O)(=O)c2ccc(F)cc2)ccc1OC(F)F. The van der Waals surface area contributed by atoms with Crippen LogP contribution in [0, 0.1) is 5.82 Å². The minimum atomic E-state index is -4.05. The molecule has 0 heterocycles. The summed E-state index contributed by atoms with van der Waals surface area (Å²) in [7, 11) is -2.72. The van der Waals surface area contributed by atoms with Crippen molar-refractivity contribution in [2.75, 3.05) is 18.4 Å². The summed E-state index contributed by atoms with van der Waals surface area (Å²) in [5.74, 6) is -1.08. The second-order valence-electron chi connectivity index (χ2n) is 6.97. The third kappa shape index (κ3) is 6.41. The number of sulfonamides is 1. The van der Waals surface area contributed by atoms with Crippen molar-refractivity contribution in [2.24, 2.45) is 0 Å². The summed E-state index contributed by atoms with van der Waals surface area (Å²) in [6, 6.07) is 14.8. The first kappa shape index (κ1) is 24.9. The van der Waals surface area contributed by atoms with Gasteiger partial charge in [0.2, 0.25) is 0 Å². The Balaban J connectivity index is 1.67. The molecule has 0 saturated heterocycles. The second kappa shape index (κ2) is 10.9. The number of nitrogens with one attached hydrogen (secondary N) is 2. The third-order valence-corrected chi connectivity index (χ3v) is 6.06. The summed E-state index contributed by atoms with van der Waals surface area (Å²) in [4.78, 5) is 12.5. The molecule has 0 aromatic heterocycles. The van der Waals surface area contributed by atoms with E-state index < -0.39 is 28.4 Å². The van der Waals surface area contributed by atoms with Gasteiger partial charge in [0.1, 0.15) is 5.82 Å². The molecule has 0 saturated carbocycles. The van der Waals surface area contributed by atoms with Crippen LogP contribution in [0.2, 0.25) is 0 Å². The molecule has 0 unspecified atom stereocenters. The van der Waals surface area contributed by atoms with Crippen molar-refractivity contribution in [2.45, 2.75) is 17.9 Å². The summed E-state index contributed by atoms with van der Waals surface area (Å²) >= 11 is 0. The molecular formula is C23H21F3N2O5S. The molecule has 1 amide bonds. The van der Waals surface area contributed by atoms with E-state index in [1.165, 1.54) is 31.4 Å². The number of alkyl halides is 2. The Bertz CT molecular complexity index is 1250. The number of carbonyl (C=O) groups excluding carboxylic acids is 1. The lowest BCUT2D eigenvalue weighted by molar-refractivity contribution is -0.0512. The number of rotatable bonds is 10. The predicted molar refractivity (Wildman–Crippen MR) is 119 cm³/mol. The van der Waals surface area contributed by atoms with Gasteiger partial charge in [-0.25, -0.2) is 12.8 Å². The number of hydrogen-bond donors (Lipinski definition) is 2. The van der Waals surface area contributed by atoms with Crippen LogP contribution in [0.5, 0.6) is 11.5 Å². The van der Waals surface area contributed by atoms with E-state index in [0.717, 1.165) is 24.3 Å². The monoisotopic (exact) mass is 494 g/mol. The first-order chi connectivity index (χ1) is 16.2. The van der Waals surface area contributed by atoms with Crippen molar-refractivity contribution in [3.05, 3.63) is 83.7 Å². The minimum absolute atomic E-state index is 0.0551. The molecule has 0 aliphatic rings. The van der Waals surface area contributed by atoms with Crippen LogP contribution in [0.25, 0.3) is 0 Å². The van der Waals surface area contributed by atoms with Crippen LogP contribution in [-0.2, 0) is 16.4 Å². The fraction of sp³-hybridized carbons (Fsp3) is 0.174. The lowest BCUT2D eigenvalue weighted by Crippen LogP contribution is -2.27. The fourth-order valence-electron chi connectivity index (χ4n) is 3.06. The Morgan fingerprint density at radius 2 is 1.71 bits per heavy atom. The zero-order chi connectivity index (χ0) is 24.7. The van der Waals surface area contributed by atoms with E-state index in [1.807, 2.05) is 0 Å². The third-order valence-electron chi connectivity index (χ3n) is 4.68. The van der Waals surface area contributed by atoms with Crippen LogP contribution in [-0.4, -0.2) is 34.6 Å². The molecule has 0 spiro atoms. The Labute approximate surface area is 194 Å². The van der Waals surface area contributed by atoms with Crippen molar-refractivity contribution >= 4 is 21.6 Å². The molecule has 3 aromatic carbocycles. The molecule has 34 heavy (non-hydrogen) atoms. The molecule has 0 radical (unpaired) electrons. The van der Waals surface area contributed by atoms with E-state index in [2.05, 4.69) is 14.8 Å². The van der Waals surface area contributed by atoms with Gasteiger partial charge in [-0.15, -0.1) is 0 Å². The average Bonchev–Trinajstić information content (AvgIpc) is 2.80. The summed E-state index contributed by atoms with van der Waals surface area (Å²) in [6.07, 6.45) is 0.348. The van der Waals surface area contributed by atoms with Gasteiger partial charge in [-0.2, -0.15) is 8.78 Å². The van der Waals surface area contributed by atoms with E-state index in [-0.39, 0.29) is 34.2 Å². The van der Waals surface area contributed by atoms with Crippen LogP contribution in [0.3, 0.4) is 0 Å². The van der Waals surface area contributed by atoms with Gasteiger partial charge in [0.05, 0.1) is 23.3 Å². The molecular weight excluding hydrogens is 473 g/mol. The quantitative estimate of drug-likeness (QED) is 0.441. The van der Waals surface area contributed by atoms with Crippen LogP contribution in [0.4, 0.5) is 18.9 Å². The van der Waals surface area contributed by atoms with E-state index in [9.17, 15) is 26.4 Å². The summed E-state index contributed by atoms with van der Waals surface area (Å²) < 4.78 is 75.0. The minimum Gasteiger partial charge on any atom is -0.493 e. The highest BCUT2D eigenvalue weighted by Gasteiger charge is 2.19. The Morgan fingerprint density at radius 1 is 1.00 bits per heavy atom. The second-order valence-corrected chi connectivity index (χ2v) is 8.66. The average molecular weight is 494 g/mol. The predicted octanol–water partition coefficient (Wildman–Crippen LogP) is 4.21. The van der Waals surface area contributed by atoms with Crippen LogP contribution < -0.4 is 19.5 Å². The molecule has 0 fully saturated rings. The van der Waals surface area contributed by atoms with Gasteiger partial charge in [-0.05, 0) is 60.5 Å². The number of para-hydroxylation sites is 1. The molecule has 3 aromatic rings. The topological polar surface area (TPSA) is 93.7 Å². The van der Waals surface area contributed by atoms with Gasteiger partial charge in [0.15, 0.2) is 11.5 Å². The summed E-state index contributed by atoms with van der Waals surface area (Å²) in [6.45, 7) is -2.81. The normalized spacial score (nSPS) is 11.2. The maximum Gasteiger partial charge on any atom is 0.387 e. The van der Waals surface area contributed by atoms with Gasteiger partial charge in [0, 0.05) is 6.54 Å². The van der Waals surface area contributed by atoms with Gasteiger partial charge in [-0.3, -0.25) is 9.52 Å². The number of hydrogen-bond acceptors (Lipinski definition) is 5. The highest BCUT2D eigenvalue weighted by atomic mass is 32.2. The number of amides is 1. The van der Waals surface area contributed by atoms with Crippen molar-refractivity contribution < 1.29 is 35.9 Å². The highest BCUT2D eigenvalue weighted by molar-refractivity contribution is 7.92. The van der Waals surface area contributed by atoms with Crippen LogP contribution in [0.1, 0.15) is 15.9 Å². The zero-order valence-electron chi connectivity index (χ0n) is 17.9. The zero-order valence-corrected chi connectivity index (χ0v) is 18.7. The molecule has 0 atom stereocenters. The molecule has 0 bridgehead atoms. The van der Waals surface area contributed by atoms with Gasteiger partial charge >= 0.3 is 6.61 Å². The number of ether oxygens (including phenoxy) is 2. The van der Waals surface area contributed by atoms with Crippen molar-refractivity contribution in [1.82, 2.24) is 5.32 Å². The number of benzene rings is 3.